The normalized spacial score (nSPS) is 10.9. The van der Waals surface area contributed by atoms with E-state index in [-0.39, 0.29) is 0 Å². The summed E-state index contributed by atoms with van der Waals surface area (Å²) < 4.78 is 7.15. The molecule has 0 aliphatic heterocycles. The van der Waals surface area contributed by atoms with Gasteiger partial charge in [-0.2, -0.15) is 4.98 Å². The first kappa shape index (κ1) is 12.9. The van der Waals surface area contributed by atoms with Crippen molar-refractivity contribution < 1.29 is 4.74 Å². The molecule has 102 valence electrons. The van der Waals surface area contributed by atoms with Gasteiger partial charge in [0, 0.05) is 11.8 Å². The summed E-state index contributed by atoms with van der Waals surface area (Å²) in [5.74, 6) is 1.66. The van der Waals surface area contributed by atoms with Gasteiger partial charge >= 0.3 is 0 Å². The highest BCUT2D eigenvalue weighted by Crippen LogP contribution is 2.23. The molecule has 2 heterocycles. The minimum atomic E-state index is 0.326. The third-order valence-electron chi connectivity index (χ3n) is 3.17. The van der Waals surface area contributed by atoms with Gasteiger partial charge in [0.1, 0.15) is 11.3 Å². The number of nitrogens with zero attached hydrogens (tertiary/aromatic N) is 3. The smallest absolute Gasteiger partial charge is 0.215 e. The number of rotatable bonds is 3. The van der Waals surface area contributed by atoms with Crippen molar-refractivity contribution in [1.82, 2.24) is 14.5 Å². The van der Waals surface area contributed by atoms with Crippen molar-refractivity contribution in [3.63, 3.8) is 0 Å². The monoisotopic (exact) mass is 287 g/mol. The Labute approximate surface area is 122 Å². The van der Waals surface area contributed by atoms with Crippen LogP contribution in [0.25, 0.3) is 16.9 Å². The van der Waals surface area contributed by atoms with Crippen molar-refractivity contribution in [3.05, 3.63) is 47.8 Å². The second-order valence-electron chi connectivity index (χ2n) is 4.53. The molecular formula is C15H14ClN3O. The van der Waals surface area contributed by atoms with E-state index in [1.165, 1.54) is 5.56 Å². The molecule has 0 amide bonds. The van der Waals surface area contributed by atoms with Gasteiger partial charge in [-0.25, -0.2) is 4.98 Å². The Hall–Kier alpha value is -2.07. The topological polar surface area (TPSA) is 39.9 Å². The lowest BCUT2D eigenvalue weighted by atomic mass is 10.2. The number of fused-ring (bicyclic) bond motifs is 1. The lowest BCUT2D eigenvalue weighted by Gasteiger charge is -2.08. The number of benzene rings is 1. The van der Waals surface area contributed by atoms with Gasteiger partial charge in [-0.15, -0.1) is 11.6 Å². The molecule has 3 aromatic rings. The van der Waals surface area contributed by atoms with Gasteiger partial charge in [-0.3, -0.25) is 4.57 Å². The maximum absolute atomic E-state index is 6.02. The highest BCUT2D eigenvalue weighted by atomic mass is 35.5. The van der Waals surface area contributed by atoms with E-state index in [1.54, 1.807) is 13.2 Å². The van der Waals surface area contributed by atoms with Crippen LogP contribution < -0.4 is 4.74 Å². The zero-order valence-electron chi connectivity index (χ0n) is 11.3. The summed E-state index contributed by atoms with van der Waals surface area (Å²) in [5.41, 5.74) is 3.76. The molecule has 20 heavy (non-hydrogen) atoms. The van der Waals surface area contributed by atoms with Gasteiger partial charge < -0.3 is 4.74 Å². The number of imidazole rings is 1. The minimum Gasteiger partial charge on any atom is -0.481 e. The van der Waals surface area contributed by atoms with Gasteiger partial charge in [0.2, 0.25) is 5.88 Å². The molecule has 0 aliphatic carbocycles. The van der Waals surface area contributed by atoms with Gasteiger partial charge in [0.25, 0.3) is 0 Å². The standard InChI is InChI=1S/C15H14ClN3O/c1-10-3-5-11(6-4-10)19-13(9-16)17-12-7-8-14(20-2)18-15(12)19/h3-8H,9H2,1-2H3. The first-order valence-corrected chi connectivity index (χ1v) is 6.82. The molecule has 0 atom stereocenters. The summed E-state index contributed by atoms with van der Waals surface area (Å²) >= 11 is 6.02. The summed E-state index contributed by atoms with van der Waals surface area (Å²) in [5, 5.41) is 0. The van der Waals surface area contributed by atoms with Crippen LogP contribution in [-0.2, 0) is 5.88 Å². The molecule has 3 rings (SSSR count). The molecule has 0 saturated heterocycles. The maximum Gasteiger partial charge on any atom is 0.215 e. The van der Waals surface area contributed by atoms with Gasteiger partial charge in [-0.05, 0) is 25.1 Å². The zero-order chi connectivity index (χ0) is 14.1. The molecular weight excluding hydrogens is 274 g/mol. The molecule has 1 aromatic carbocycles. The molecule has 0 radical (unpaired) electrons. The summed E-state index contributed by atoms with van der Waals surface area (Å²) in [4.78, 5) is 9.00. The van der Waals surface area contributed by atoms with Crippen molar-refractivity contribution in [2.24, 2.45) is 0 Å². The number of hydrogen-bond acceptors (Lipinski definition) is 3. The Morgan fingerprint density at radius 2 is 1.85 bits per heavy atom. The lowest BCUT2D eigenvalue weighted by molar-refractivity contribution is 0.399. The lowest BCUT2D eigenvalue weighted by Crippen LogP contribution is -2.00. The third-order valence-corrected chi connectivity index (χ3v) is 3.41. The number of aryl methyl sites for hydroxylation is 1. The fourth-order valence-corrected chi connectivity index (χ4v) is 2.33. The second kappa shape index (κ2) is 5.13. The Balaban J connectivity index is 2.28. The van der Waals surface area contributed by atoms with E-state index in [1.807, 2.05) is 22.8 Å². The summed E-state index contributed by atoms with van der Waals surface area (Å²) in [6.45, 7) is 2.06. The molecule has 0 bridgehead atoms. The molecule has 0 fully saturated rings. The Bertz CT molecular complexity index is 750. The van der Waals surface area contributed by atoms with E-state index >= 15 is 0 Å². The van der Waals surface area contributed by atoms with E-state index < -0.39 is 0 Å². The molecule has 0 aliphatic rings. The third kappa shape index (κ3) is 2.12. The second-order valence-corrected chi connectivity index (χ2v) is 4.80. The van der Waals surface area contributed by atoms with Crippen LogP contribution in [0.15, 0.2) is 36.4 Å². The number of hydrogen-bond donors (Lipinski definition) is 0. The van der Waals surface area contributed by atoms with Gasteiger partial charge in [-0.1, -0.05) is 17.7 Å². The number of pyridine rings is 1. The van der Waals surface area contributed by atoms with Crippen LogP contribution in [-0.4, -0.2) is 21.6 Å². The minimum absolute atomic E-state index is 0.326. The molecule has 0 unspecified atom stereocenters. The average molecular weight is 288 g/mol. The number of methoxy groups -OCH3 is 1. The van der Waals surface area contributed by atoms with Crippen LogP contribution in [0.1, 0.15) is 11.4 Å². The van der Waals surface area contributed by atoms with Crippen LogP contribution >= 0.6 is 11.6 Å². The molecule has 2 aromatic heterocycles. The zero-order valence-corrected chi connectivity index (χ0v) is 12.1. The van der Waals surface area contributed by atoms with Crippen LogP contribution in [0.3, 0.4) is 0 Å². The molecule has 0 spiro atoms. The van der Waals surface area contributed by atoms with Crippen LogP contribution in [0.2, 0.25) is 0 Å². The Morgan fingerprint density at radius 3 is 2.50 bits per heavy atom. The quantitative estimate of drug-likeness (QED) is 0.693. The van der Waals surface area contributed by atoms with E-state index in [4.69, 9.17) is 16.3 Å². The first-order valence-electron chi connectivity index (χ1n) is 6.28. The average Bonchev–Trinajstić information content (AvgIpc) is 2.85. The number of alkyl halides is 1. The fourth-order valence-electron chi connectivity index (χ4n) is 2.16. The number of halogens is 1. The van der Waals surface area contributed by atoms with Crippen molar-refractivity contribution in [3.8, 4) is 11.6 Å². The van der Waals surface area contributed by atoms with Crippen molar-refractivity contribution >= 4 is 22.8 Å². The largest absolute Gasteiger partial charge is 0.481 e. The van der Waals surface area contributed by atoms with Crippen molar-refractivity contribution in [2.75, 3.05) is 7.11 Å². The molecule has 4 nitrogen and oxygen atoms in total. The molecule has 5 heteroatoms. The van der Waals surface area contributed by atoms with Crippen LogP contribution in [0, 0.1) is 6.92 Å². The van der Waals surface area contributed by atoms with Crippen LogP contribution in [0.4, 0.5) is 0 Å². The number of ether oxygens (including phenoxy) is 1. The Kier molecular flexibility index (Phi) is 3.32. The Morgan fingerprint density at radius 1 is 1.10 bits per heavy atom. The highest BCUT2D eigenvalue weighted by molar-refractivity contribution is 6.16. The van der Waals surface area contributed by atoms with Gasteiger partial charge in [0.15, 0.2) is 5.65 Å². The van der Waals surface area contributed by atoms with Crippen molar-refractivity contribution in [1.29, 1.82) is 0 Å². The highest BCUT2D eigenvalue weighted by Gasteiger charge is 2.13. The van der Waals surface area contributed by atoms with E-state index in [9.17, 15) is 0 Å². The SMILES string of the molecule is COc1ccc2nc(CCl)n(-c3ccc(C)cc3)c2n1. The molecule has 0 saturated carbocycles. The van der Waals surface area contributed by atoms with E-state index in [0.717, 1.165) is 22.7 Å². The number of aromatic nitrogens is 3. The summed E-state index contributed by atoms with van der Waals surface area (Å²) in [6.07, 6.45) is 0. The molecule has 0 N–H and O–H groups in total. The maximum atomic E-state index is 6.02. The van der Waals surface area contributed by atoms with Gasteiger partial charge in [0.05, 0.1) is 13.0 Å². The van der Waals surface area contributed by atoms with E-state index in [0.29, 0.717) is 11.8 Å². The summed E-state index contributed by atoms with van der Waals surface area (Å²) in [7, 11) is 1.60. The summed E-state index contributed by atoms with van der Waals surface area (Å²) in [6, 6.07) is 11.9. The predicted molar refractivity (Wildman–Crippen MR) is 79.7 cm³/mol. The first-order chi connectivity index (χ1) is 9.72. The predicted octanol–water partition coefficient (Wildman–Crippen LogP) is 3.48. The van der Waals surface area contributed by atoms with Crippen LogP contribution in [0.5, 0.6) is 5.88 Å². The fraction of sp³-hybridized carbons (Fsp3) is 0.200. The van der Waals surface area contributed by atoms with E-state index in [2.05, 4.69) is 29.0 Å². The van der Waals surface area contributed by atoms with Crippen molar-refractivity contribution in [2.45, 2.75) is 12.8 Å².